The number of carbonyl (C=O) groups excluding carboxylic acids is 2. The number of piperidine rings is 1. The molecule has 1 aliphatic heterocycles. The largest absolute Gasteiger partial charge is 0.466 e. The summed E-state index contributed by atoms with van der Waals surface area (Å²) in [4.78, 5) is 43.5. The van der Waals surface area contributed by atoms with Gasteiger partial charge in [0.15, 0.2) is 0 Å². The van der Waals surface area contributed by atoms with E-state index in [2.05, 4.69) is 10.1 Å². The molecule has 1 aliphatic rings. The SMILES string of the molecule is CCOC(=O)[C@@H]1CCCN(C(=O)Cn2cnc3onc(-c4ccc(F)cc4)c3c2=O)C1. The van der Waals surface area contributed by atoms with Crippen LogP contribution in [-0.2, 0) is 20.9 Å². The molecule has 0 aliphatic carbocycles. The van der Waals surface area contributed by atoms with Crippen molar-refractivity contribution in [2.75, 3.05) is 19.7 Å². The van der Waals surface area contributed by atoms with E-state index in [0.717, 1.165) is 0 Å². The molecule has 0 saturated carbocycles. The van der Waals surface area contributed by atoms with Gasteiger partial charge in [-0.05, 0) is 44.0 Å². The maximum absolute atomic E-state index is 13.2. The molecule has 9 nitrogen and oxygen atoms in total. The quantitative estimate of drug-likeness (QED) is 0.572. The Kier molecular flexibility index (Phi) is 5.79. The van der Waals surface area contributed by atoms with Crippen LogP contribution in [0.4, 0.5) is 4.39 Å². The standard InChI is InChI=1S/C21H21FN4O5/c1-2-30-21(29)14-4-3-9-25(10-14)16(27)11-26-12-23-19-17(20(26)28)18(24-31-19)13-5-7-15(22)8-6-13/h5-8,12,14H,2-4,9-11H2,1H3/t14-/m1/s1. The Morgan fingerprint density at radius 1 is 1.29 bits per heavy atom. The second-order valence-corrected chi connectivity index (χ2v) is 7.33. The Morgan fingerprint density at radius 3 is 2.81 bits per heavy atom. The summed E-state index contributed by atoms with van der Waals surface area (Å²) >= 11 is 0. The van der Waals surface area contributed by atoms with Crippen LogP contribution in [0.5, 0.6) is 0 Å². The lowest BCUT2D eigenvalue weighted by molar-refractivity contribution is -0.151. The molecule has 2 aromatic heterocycles. The topological polar surface area (TPSA) is 108 Å². The number of hydrogen-bond donors (Lipinski definition) is 0. The molecule has 0 N–H and O–H groups in total. The second-order valence-electron chi connectivity index (χ2n) is 7.33. The molecule has 1 fully saturated rings. The summed E-state index contributed by atoms with van der Waals surface area (Å²) in [6.45, 7) is 2.57. The predicted molar refractivity (Wildman–Crippen MR) is 107 cm³/mol. The Balaban J connectivity index is 1.57. The minimum atomic E-state index is -0.488. The van der Waals surface area contributed by atoms with Gasteiger partial charge in [-0.2, -0.15) is 0 Å². The zero-order valence-electron chi connectivity index (χ0n) is 16.9. The molecule has 3 aromatic rings. The molecular weight excluding hydrogens is 407 g/mol. The normalized spacial score (nSPS) is 16.5. The van der Waals surface area contributed by atoms with Crippen LogP contribution in [0.25, 0.3) is 22.4 Å². The molecule has 0 radical (unpaired) electrons. The highest BCUT2D eigenvalue weighted by molar-refractivity contribution is 5.88. The summed E-state index contributed by atoms with van der Waals surface area (Å²) in [6, 6.07) is 5.48. The van der Waals surface area contributed by atoms with Gasteiger partial charge in [0.2, 0.25) is 5.91 Å². The van der Waals surface area contributed by atoms with Gasteiger partial charge in [0.1, 0.15) is 29.8 Å². The highest BCUT2D eigenvalue weighted by Gasteiger charge is 2.29. The van der Waals surface area contributed by atoms with Crippen LogP contribution >= 0.6 is 0 Å². The number of rotatable bonds is 5. The van der Waals surface area contributed by atoms with Crippen LogP contribution in [0, 0.1) is 11.7 Å². The summed E-state index contributed by atoms with van der Waals surface area (Å²) in [6.07, 6.45) is 2.58. The maximum Gasteiger partial charge on any atom is 0.310 e. The number of ether oxygens (including phenoxy) is 1. The minimum absolute atomic E-state index is 0.0355. The van der Waals surface area contributed by atoms with Crippen molar-refractivity contribution < 1.29 is 23.2 Å². The van der Waals surface area contributed by atoms with Crippen molar-refractivity contribution in [3.8, 4) is 11.3 Å². The van der Waals surface area contributed by atoms with E-state index in [1.165, 1.54) is 35.2 Å². The average molecular weight is 428 g/mol. The first-order valence-corrected chi connectivity index (χ1v) is 10.0. The van der Waals surface area contributed by atoms with Crippen molar-refractivity contribution in [1.29, 1.82) is 0 Å². The highest BCUT2D eigenvalue weighted by Crippen LogP contribution is 2.24. The van der Waals surface area contributed by atoms with E-state index in [1.807, 2.05) is 0 Å². The summed E-state index contributed by atoms with van der Waals surface area (Å²) in [5.41, 5.74) is 0.275. The summed E-state index contributed by atoms with van der Waals surface area (Å²) < 4.78 is 24.6. The fraction of sp³-hybridized carbons (Fsp3) is 0.381. The Hall–Kier alpha value is -3.56. The van der Waals surface area contributed by atoms with E-state index in [1.54, 1.807) is 11.8 Å². The van der Waals surface area contributed by atoms with Crippen molar-refractivity contribution >= 4 is 23.0 Å². The van der Waals surface area contributed by atoms with Gasteiger partial charge >= 0.3 is 5.97 Å². The Labute approximate surface area is 176 Å². The number of carbonyl (C=O) groups is 2. The number of fused-ring (bicyclic) bond motifs is 1. The number of likely N-dealkylation sites (tertiary alicyclic amines) is 1. The number of halogens is 1. The molecule has 1 atom stereocenters. The zero-order chi connectivity index (χ0) is 22.0. The lowest BCUT2D eigenvalue weighted by Gasteiger charge is -2.31. The predicted octanol–water partition coefficient (Wildman–Crippen LogP) is 1.99. The number of hydrogen-bond acceptors (Lipinski definition) is 7. The Bertz CT molecular complexity index is 1170. The first kappa shape index (κ1) is 20.7. The van der Waals surface area contributed by atoms with Gasteiger partial charge in [-0.15, -0.1) is 0 Å². The van der Waals surface area contributed by atoms with Crippen molar-refractivity contribution in [3.63, 3.8) is 0 Å². The van der Waals surface area contributed by atoms with Gasteiger partial charge < -0.3 is 14.2 Å². The number of amides is 1. The molecule has 0 bridgehead atoms. The van der Waals surface area contributed by atoms with Gasteiger partial charge in [0, 0.05) is 18.7 Å². The van der Waals surface area contributed by atoms with E-state index < -0.39 is 11.4 Å². The molecule has 3 heterocycles. The molecule has 1 aromatic carbocycles. The lowest BCUT2D eigenvalue weighted by Crippen LogP contribution is -2.45. The van der Waals surface area contributed by atoms with Gasteiger partial charge in [-0.3, -0.25) is 19.0 Å². The van der Waals surface area contributed by atoms with E-state index >= 15 is 0 Å². The lowest BCUT2D eigenvalue weighted by atomic mass is 9.98. The smallest absolute Gasteiger partial charge is 0.310 e. The second kappa shape index (κ2) is 8.66. The van der Waals surface area contributed by atoms with Crippen molar-refractivity contribution in [3.05, 3.63) is 46.8 Å². The number of benzene rings is 1. The molecule has 31 heavy (non-hydrogen) atoms. The molecule has 10 heteroatoms. The monoisotopic (exact) mass is 428 g/mol. The minimum Gasteiger partial charge on any atom is -0.466 e. The first-order chi connectivity index (χ1) is 15.0. The summed E-state index contributed by atoms with van der Waals surface area (Å²) in [5.74, 6) is -1.39. The highest BCUT2D eigenvalue weighted by atomic mass is 19.1. The van der Waals surface area contributed by atoms with E-state index in [4.69, 9.17) is 9.26 Å². The molecule has 4 rings (SSSR count). The molecule has 0 unspecified atom stereocenters. The van der Waals surface area contributed by atoms with E-state index in [9.17, 15) is 18.8 Å². The summed E-state index contributed by atoms with van der Waals surface area (Å²) in [5, 5.41) is 4.01. The third-order valence-corrected chi connectivity index (χ3v) is 5.28. The van der Waals surface area contributed by atoms with Crippen molar-refractivity contribution in [2.45, 2.75) is 26.3 Å². The third kappa shape index (κ3) is 4.18. The van der Waals surface area contributed by atoms with Crippen LogP contribution < -0.4 is 5.56 Å². The van der Waals surface area contributed by atoms with Gasteiger partial charge in [0.05, 0.1) is 12.5 Å². The number of nitrogens with zero attached hydrogens (tertiary/aromatic N) is 4. The van der Waals surface area contributed by atoms with Crippen molar-refractivity contribution in [2.24, 2.45) is 5.92 Å². The summed E-state index contributed by atoms with van der Waals surface area (Å²) in [7, 11) is 0. The fourth-order valence-electron chi connectivity index (χ4n) is 3.70. The van der Waals surface area contributed by atoms with Gasteiger partial charge in [-0.25, -0.2) is 9.37 Å². The molecular formula is C21H21FN4O5. The van der Waals surface area contributed by atoms with E-state index in [0.29, 0.717) is 31.6 Å². The van der Waals surface area contributed by atoms with Crippen molar-refractivity contribution in [1.82, 2.24) is 19.6 Å². The van der Waals surface area contributed by atoms with Gasteiger partial charge in [-0.1, -0.05) is 5.16 Å². The van der Waals surface area contributed by atoms with Crippen LogP contribution in [0.15, 0.2) is 39.9 Å². The maximum atomic E-state index is 13.2. The van der Waals surface area contributed by atoms with Crippen LogP contribution in [0.1, 0.15) is 19.8 Å². The molecule has 162 valence electrons. The average Bonchev–Trinajstić information content (AvgIpc) is 3.21. The van der Waals surface area contributed by atoms with Crippen LogP contribution in [0.3, 0.4) is 0 Å². The van der Waals surface area contributed by atoms with Gasteiger partial charge in [0.25, 0.3) is 11.3 Å². The fourth-order valence-corrected chi connectivity index (χ4v) is 3.70. The van der Waals surface area contributed by atoms with Crippen LogP contribution in [0.2, 0.25) is 0 Å². The zero-order valence-corrected chi connectivity index (χ0v) is 16.9. The number of aromatic nitrogens is 3. The Morgan fingerprint density at radius 2 is 2.06 bits per heavy atom. The first-order valence-electron chi connectivity index (χ1n) is 10.0. The molecule has 1 amide bonds. The number of esters is 1. The third-order valence-electron chi connectivity index (χ3n) is 5.28. The van der Waals surface area contributed by atoms with Crippen LogP contribution in [-0.4, -0.2) is 51.2 Å². The molecule has 1 saturated heterocycles. The van der Waals surface area contributed by atoms with E-state index in [-0.39, 0.29) is 47.7 Å². The molecule has 0 spiro atoms.